The summed E-state index contributed by atoms with van der Waals surface area (Å²) < 4.78 is 4.70. The average Bonchev–Trinajstić information content (AvgIpc) is 2.81. The van der Waals surface area contributed by atoms with E-state index in [9.17, 15) is 9.59 Å². The zero-order valence-electron chi connectivity index (χ0n) is 9.78. The van der Waals surface area contributed by atoms with E-state index in [1.54, 1.807) is 0 Å². The second-order valence-electron chi connectivity index (χ2n) is 3.62. The van der Waals surface area contributed by atoms with E-state index < -0.39 is 18.0 Å². The minimum Gasteiger partial charge on any atom is -0.480 e. The largest absolute Gasteiger partial charge is 0.480 e. The molecule has 8 heteroatoms. The lowest BCUT2D eigenvalue weighted by Crippen LogP contribution is -2.47. The van der Waals surface area contributed by atoms with Gasteiger partial charge in [0.2, 0.25) is 5.84 Å². The van der Waals surface area contributed by atoms with Crippen LogP contribution in [-0.2, 0) is 14.3 Å². The van der Waals surface area contributed by atoms with Gasteiger partial charge in [-0.05, 0) is 0 Å². The van der Waals surface area contributed by atoms with E-state index in [0.717, 1.165) is 0 Å². The third-order valence-corrected chi connectivity index (χ3v) is 2.45. The summed E-state index contributed by atoms with van der Waals surface area (Å²) in [5, 5.41) is 26.4. The van der Waals surface area contributed by atoms with Crippen molar-refractivity contribution in [3.63, 3.8) is 0 Å². The number of hydrogen-bond donors (Lipinski definition) is 3. The molecule has 3 N–H and O–H groups in total. The third kappa shape index (κ3) is 3.41. The molecule has 1 atom stereocenters. The van der Waals surface area contributed by atoms with E-state index in [-0.39, 0.29) is 32.1 Å². The maximum absolute atomic E-state index is 11.6. The molecule has 0 radical (unpaired) electrons. The van der Waals surface area contributed by atoms with Crippen molar-refractivity contribution in [1.29, 1.82) is 0 Å². The number of nitrogens with zero attached hydrogens (tertiary/aromatic N) is 2. The predicted molar refractivity (Wildman–Crippen MR) is 60.2 cm³/mol. The Morgan fingerprint density at radius 2 is 2.11 bits per heavy atom. The first kappa shape index (κ1) is 14.4. The molecule has 0 fully saturated rings. The van der Waals surface area contributed by atoms with Crippen LogP contribution < -0.4 is 0 Å². The number of carboxylic acid groups (broad SMARTS) is 1. The molecule has 0 saturated heterocycles. The number of carbonyl (C=O) groups excluding carboxylic acids is 1. The quantitative estimate of drug-likeness (QED) is 0.456. The number of esters is 1. The Morgan fingerprint density at radius 3 is 2.67 bits per heavy atom. The van der Waals surface area contributed by atoms with Gasteiger partial charge >= 0.3 is 11.9 Å². The first-order chi connectivity index (χ1) is 8.61. The average molecular weight is 260 g/mol. The first-order valence-electron chi connectivity index (χ1n) is 5.54. The highest BCUT2D eigenvalue weighted by atomic mass is 16.5. The number of rotatable bonds is 7. The molecule has 0 saturated carbocycles. The molecular weight excluding hydrogens is 244 g/mol. The van der Waals surface area contributed by atoms with Crippen LogP contribution in [0.1, 0.15) is 6.42 Å². The molecule has 1 heterocycles. The van der Waals surface area contributed by atoms with E-state index in [2.05, 4.69) is 4.99 Å². The highest BCUT2D eigenvalue weighted by Crippen LogP contribution is 2.12. The van der Waals surface area contributed by atoms with Crippen molar-refractivity contribution in [3.8, 4) is 0 Å². The van der Waals surface area contributed by atoms with Crippen LogP contribution in [0.2, 0.25) is 0 Å². The fraction of sp³-hybridized carbons (Fsp3) is 0.700. The number of ether oxygens (including phenoxy) is 1. The molecule has 8 nitrogen and oxygen atoms in total. The van der Waals surface area contributed by atoms with Crippen LogP contribution in [0.4, 0.5) is 0 Å². The molecule has 0 bridgehead atoms. The SMILES string of the molecule is O=C(OCCO)C1=NCCN1C(CCO)C(=O)O. The van der Waals surface area contributed by atoms with Gasteiger partial charge in [0, 0.05) is 19.6 Å². The van der Waals surface area contributed by atoms with Crippen LogP contribution in [-0.4, -0.2) is 76.9 Å². The van der Waals surface area contributed by atoms with Crippen LogP contribution >= 0.6 is 0 Å². The number of amidine groups is 1. The topological polar surface area (TPSA) is 120 Å². The fourth-order valence-corrected chi connectivity index (χ4v) is 1.68. The predicted octanol–water partition coefficient (Wildman–Crippen LogP) is -1.93. The molecule has 0 aromatic rings. The maximum atomic E-state index is 11.6. The monoisotopic (exact) mass is 260 g/mol. The van der Waals surface area contributed by atoms with Crippen molar-refractivity contribution in [2.24, 2.45) is 4.99 Å². The van der Waals surface area contributed by atoms with Crippen LogP contribution in [0.15, 0.2) is 4.99 Å². The van der Waals surface area contributed by atoms with Crippen molar-refractivity contribution in [1.82, 2.24) is 4.90 Å². The Labute approximate surface area is 103 Å². The van der Waals surface area contributed by atoms with Gasteiger partial charge in [-0.2, -0.15) is 0 Å². The standard InChI is InChI=1S/C10H16N2O6/c13-4-1-7(9(15)16)12-3-2-11-8(12)10(17)18-6-5-14/h7,13-14H,1-6H2,(H,15,16). The molecule has 0 aromatic heterocycles. The van der Waals surface area contributed by atoms with Crippen molar-refractivity contribution >= 4 is 17.8 Å². The lowest BCUT2D eigenvalue weighted by atomic mass is 10.2. The highest BCUT2D eigenvalue weighted by Gasteiger charge is 2.34. The molecule has 1 rings (SSSR count). The van der Waals surface area contributed by atoms with E-state index >= 15 is 0 Å². The number of aliphatic carboxylic acids is 1. The summed E-state index contributed by atoms with van der Waals surface area (Å²) in [5.74, 6) is -1.95. The molecule has 1 aliphatic heterocycles. The van der Waals surface area contributed by atoms with Gasteiger partial charge < -0.3 is 25.0 Å². The van der Waals surface area contributed by atoms with Gasteiger partial charge in [-0.3, -0.25) is 4.99 Å². The summed E-state index contributed by atoms with van der Waals surface area (Å²) in [6, 6.07) is -1.00. The van der Waals surface area contributed by atoms with Crippen molar-refractivity contribution in [2.75, 3.05) is 32.9 Å². The highest BCUT2D eigenvalue weighted by molar-refractivity contribution is 6.36. The van der Waals surface area contributed by atoms with Gasteiger partial charge in [-0.25, -0.2) is 9.59 Å². The molecule has 0 spiro atoms. The van der Waals surface area contributed by atoms with Gasteiger partial charge in [0.05, 0.1) is 13.2 Å². The minimum atomic E-state index is -1.13. The second kappa shape index (κ2) is 6.92. The zero-order chi connectivity index (χ0) is 13.5. The Hall–Kier alpha value is -1.67. The number of hydrogen-bond acceptors (Lipinski definition) is 7. The van der Waals surface area contributed by atoms with Gasteiger partial charge in [-0.1, -0.05) is 0 Å². The fourth-order valence-electron chi connectivity index (χ4n) is 1.68. The zero-order valence-corrected chi connectivity index (χ0v) is 9.78. The number of carbonyl (C=O) groups is 2. The Kier molecular flexibility index (Phi) is 5.53. The normalized spacial score (nSPS) is 16.3. The van der Waals surface area contributed by atoms with Crippen LogP contribution in [0, 0.1) is 0 Å². The van der Waals surface area contributed by atoms with Crippen LogP contribution in [0.3, 0.4) is 0 Å². The molecule has 18 heavy (non-hydrogen) atoms. The lowest BCUT2D eigenvalue weighted by molar-refractivity contribution is -0.142. The Morgan fingerprint density at radius 1 is 1.39 bits per heavy atom. The lowest BCUT2D eigenvalue weighted by Gasteiger charge is -2.25. The summed E-state index contributed by atoms with van der Waals surface area (Å²) in [5.41, 5.74) is 0. The second-order valence-corrected chi connectivity index (χ2v) is 3.62. The summed E-state index contributed by atoms with van der Waals surface area (Å²) in [7, 11) is 0. The Bertz CT molecular complexity index is 343. The number of aliphatic hydroxyl groups excluding tert-OH is 2. The molecule has 0 amide bonds. The van der Waals surface area contributed by atoms with Gasteiger partial charge in [0.1, 0.15) is 12.6 Å². The number of aliphatic imine (C=N–C) groups is 1. The molecule has 102 valence electrons. The van der Waals surface area contributed by atoms with Crippen LogP contribution in [0.25, 0.3) is 0 Å². The van der Waals surface area contributed by atoms with E-state index in [1.807, 2.05) is 0 Å². The molecule has 1 aliphatic rings. The molecule has 0 aromatic carbocycles. The first-order valence-corrected chi connectivity index (χ1v) is 5.54. The van der Waals surface area contributed by atoms with Crippen molar-refractivity contribution in [2.45, 2.75) is 12.5 Å². The molecule has 0 aliphatic carbocycles. The number of aliphatic hydroxyl groups is 2. The minimum absolute atomic E-state index is 0.00162. The van der Waals surface area contributed by atoms with E-state index in [4.69, 9.17) is 20.1 Å². The smallest absolute Gasteiger partial charge is 0.373 e. The van der Waals surface area contributed by atoms with Gasteiger partial charge in [0.15, 0.2) is 0 Å². The summed E-state index contributed by atoms with van der Waals surface area (Å²) in [4.78, 5) is 27.8. The van der Waals surface area contributed by atoms with Gasteiger partial charge in [0.25, 0.3) is 0 Å². The van der Waals surface area contributed by atoms with E-state index in [0.29, 0.717) is 13.1 Å². The molecular formula is C10H16N2O6. The summed E-state index contributed by atoms with van der Waals surface area (Å²) >= 11 is 0. The third-order valence-electron chi connectivity index (χ3n) is 2.45. The Balaban J connectivity index is 2.73. The summed E-state index contributed by atoms with van der Waals surface area (Å²) in [6.45, 7) is -0.173. The van der Waals surface area contributed by atoms with E-state index in [1.165, 1.54) is 4.90 Å². The maximum Gasteiger partial charge on any atom is 0.373 e. The number of carboxylic acids is 1. The summed E-state index contributed by atoms with van der Waals surface area (Å²) in [6.07, 6.45) is 0.00162. The van der Waals surface area contributed by atoms with Crippen LogP contribution in [0.5, 0.6) is 0 Å². The van der Waals surface area contributed by atoms with Crippen molar-refractivity contribution in [3.05, 3.63) is 0 Å². The van der Waals surface area contributed by atoms with Crippen molar-refractivity contribution < 1.29 is 29.6 Å². The van der Waals surface area contributed by atoms with Gasteiger partial charge in [-0.15, -0.1) is 0 Å². The molecule has 1 unspecified atom stereocenters.